The number of aromatic nitrogens is 2. The first-order chi connectivity index (χ1) is 9.42. The zero-order valence-electron chi connectivity index (χ0n) is 9.96. The Morgan fingerprint density at radius 3 is 2.79 bits per heavy atom. The lowest BCUT2D eigenvalue weighted by molar-refractivity contribution is 1.32. The third-order valence-electron chi connectivity index (χ3n) is 3.09. The van der Waals surface area contributed by atoms with Crippen LogP contribution in [0.4, 0.5) is 0 Å². The molecule has 0 saturated heterocycles. The molecule has 2 nitrogen and oxygen atoms in total. The lowest BCUT2D eigenvalue weighted by Crippen LogP contribution is -1.78. The molecule has 0 fully saturated rings. The van der Waals surface area contributed by atoms with Gasteiger partial charge in [0.15, 0.2) is 0 Å². The minimum atomic E-state index is 0.951. The average Bonchev–Trinajstić information content (AvgIpc) is 3.15. The van der Waals surface area contributed by atoms with Gasteiger partial charge >= 0.3 is 0 Å². The predicted molar refractivity (Wildman–Crippen MR) is 82.7 cm³/mol. The highest BCUT2D eigenvalue weighted by Crippen LogP contribution is 2.36. The van der Waals surface area contributed by atoms with Crippen molar-refractivity contribution in [2.75, 3.05) is 0 Å². The molecule has 0 aliphatic heterocycles. The number of benzene rings is 1. The fourth-order valence-corrected chi connectivity index (χ4v) is 4.24. The van der Waals surface area contributed by atoms with Crippen LogP contribution in [0.5, 0.6) is 0 Å². The van der Waals surface area contributed by atoms with Gasteiger partial charge < -0.3 is 4.98 Å². The fourth-order valence-electron chi connectivity index (χ4n) is 2.15. The van der Waals surface area contributed by atoms with Crippen LogP contribution in [0.1, 0.15) is 0 Å². The Kier molecular flexibility index (Phi) is 2.50. The van der Waals surface area contributed by atoms with Gasteiger partial charge in [-0.3, -0.25) is 0 Å². The topological polar surface area (TPSA) is 28.7 Å². The summed E-state index contributed by atoms with van der Waals surface area (Å²) in [5.74, 6) is 0.951. The average molecular weight is 282 g/mol. The number of fused-ring (bicyclic) bond motifs is 1. The molecule has 3 aromatic heterocycles. The number of nitrogens with one attached hydrogen (secondary N) is 1. The highest BCUT2D eigenvalue weighted by atomic mass is 32.1. The molecule has 4 heteroatoms. The molecular formula is C15H10N2S2. The second kappa shape index (κ2) is 4.33. The van der Waals surface area contributed by atoms with Crippen LogP contribution in [-0.2, 0) is 0 Å². The zero-order chi connectivity index (χ0) is 12.7. The summed E-state index contributed by atoms with van der Waals surface area (Å²) in [5, 5.41) is 4.31. The summed E-state index contributed by atoms with van der Waals surface area (Å²) >= 11 is 3.54. The maximum Gasteiger partial charge on any atom is 0.140 e. The number of nitrogens with zero attached hydrogens (tertiary/aromatic N) is 1. The van der Waals surface area contributed by atoms with E-state index in [1.165, 1.54) is 20.5 Å². The number of H-pyrrole nitrogens is 1. The normalized spacial score (nSPS) is 11.2. The molecule has 0 spiro atoms. The summed E-state index contributed by atoms with van der Waals surface area (Å²) in [7, 11) is 0. The summed E-state index contributed by atoms with van der Waals surface area (Å²) in [6.45, 7) is 0. The molecule has 1 N–H and O–H groups in total. The van der Waals surface area contributed by atoms with Crippen LogP contribution >= 0.6 is 22.7 Å². The van der Waals surface area contributed by atoms with E-state index in [1.54, 1.807) is 22.7 Å². The molecule has 92 valence electrons. The van der Waals surface area contributed by atoms with Crippen LogP contribution in [0.2, 0.25) is 0 Å². The van der Waals surface area contributed by atoms with Gasteiger partial charge in [0.05, 0.1) is 16.6 Å². The lowest BCUT2D eigenvalue weighted by Gasteiger charge is -1.95. The number of imidazole rings is 1. The summed E-state index contributed by atoms with van der Waals surface area (Å²) in [5.41, 5.74) is 3.43. The maximum absolute atomic E-state index is 4.52. The zero-order valence-corrected chi connectivity index (χ0v) is 11.6. The third kappa shape index (κ3) is 1.80. The van der Waals surface area contributed by atoms with Gasteiger partial charge in [-0.25, -0.2) is 4.98 Å². The van der Waals surface area contributed by atoms with Crippen LogP contribution in [-0.4, -0.2) is 9.97 Å². The van der Waals surface area contributed by atoms with Gasteiger partial charge in [0, 0.05) is 15.6 Å². The summed E-state index contributed by atoms with van der Waals surface area (Å²) in [6, 6.07) is 12.4. The van der Waals surface area contributed by atoms with E-state index in [0.29, 0.717) is 0 Å². The van der Waals surface area contributed by atoms with Crippen LogP contribution in [0, 0.1) is 0 Å². The molecule has 3 heterocycles. The SMILES string of the molecule is c1ccc(-c2cnc(-c3csc4ccsc34)[nH]2)cc1. The molecule has 0 bridgehead atoms. The molecule has 4 aromatic rings. The minimum Gasteiger partial charge on any atom is -0.338 e. The van der Waals surface area contributed by atoms with E-state index < -0.39 is 0 Å². The molecule has 1 aromatic carbocycles. The Hall–Kier alpha value is -1.91. The Balaban J connectivity index is 1.82. The van der Waals surface area contributed by atoms with Crippen LogP contribution in [0.25, 0.3) is 32.0 Å². The number of hydrogen-bond acceptors (Lipinski definition) is 3. The number of hydrogen-bond donors (Lipinski definition) is 1. The molecule has 0 atom stereocenters. The second-order valence-electron chi connectivity index (χ2n) is 4.27. The molecule has 0 aliphatic carbocycles. The van der Waals surface area contributed by atoms with E-state index in [-0.39, 0.29) is 0 Å². The van der Waals surface area contributed by atoms with Crippen LogP contribution in [0.3, 0.4) is 0 Å². The molecule has 0 saturated carbocycles. The van der Waals surface area contributed by atoms with Crippen molar-refractivity contribution >= 4 is 32.1 Å². The first-order valence-corrected chi connectivity index (χ1v) is 7.73. The van der Waals surface area contributed by atoms with Crippen molar-refractivity contribution in [3.63, 3.8) is 0 Å². The number of aromatic amines is 1. The van der Waals surface area contributed by atoms with E-state index in [9.17, 15) is 0 Å². The first kappa shape index (κ1) is 11.0. The lowest BCUT2D eigenvalue weighted by atomic mass is 10.2. The van der Waals surface area contributed by atoms with Gasteiger partial charge in [-0.2, -0.15) is 0 Å². The Morgan fingerprint density at radius 2 is 1.89 bits per heavy atom. The third-order valence-corrected chi connectivity index (χ3v) is 5.12. The van der Waals surface area contributed by atoms with Gasteiger partial charge in [-0.15, -0.1) is 22.7 Å². The van der Waals surface area contributed by atoms with Crippen molar-refractivity contribution in [1.82, 2.24) is 9.97 Å². The van der Waals surface area contributed by atoms with Gasteiger partial charge in [0.1, 0.15) is 5.82 Å². The van der Waals surface area contributed by atoms with Crippen molar-refractivity contribution in [1.29, 1.82) is 0 Å². The highest BCUT2D eigenvalue weighted by molar-refractivity contribution is 7.26. The molecule has 4 rings (SSSR count). The van der Waals surface area contributed by atoms with Crippen molar-refractivity contribution < 1.29 is 0 Å². The van der Waals surface area contributed by atoms with Crippen molar-refractivity contribution in [3.8, 4) is 22.6 Å². The second-order valence-corrected chi connectivity index (χ2v) is 6.10. The smallest absolute Gasteiger partial charge is 0.140 e. The Morgan fingerprint density at radius 1 is 1.00 bits per heavy atom. The number of thiophene rings is 2. The standard InChI is InChI=1S/C15H10N2S2/c1-2-4-10(5-3-1)12-8-16-15(17-12)11-9-19-13-6-7-18-14(11)13/h1-9H,(H,16,17). The Labute approximate surface area is 118 Å². The van der Waals surface area contributed by atoms with E-state index >= 15 is 0 Å². The summed E-state index contributed by atoms with van der Waals surface area (Å²) in [6.07, 6.45) is 1.90. The van der Waals surface area contributed by atoms with Crippen LogP contribution < -0.4 is 0 Å². The quantitative estimate of drug-likeness (QED) is 0.549. The monoisotopic (exact) mass is 282 g/mol. The van der Waals surface area contributed by atoms with Crippen molar-refractivity contribution in [2.24, 2.45) is 0 Å². The molecule has 0 aliphatic rings. The first-order valence-electron chi connectivity index (χ1n) is 5.97. The summed E-state index contributed by atoms with van der Waals surface area (Å²) in [4.78, 5) is 7.94. The summed E-state index contributed by atoms with van der Waals surface area (Å²) < 4.78 is 2.65. The van der Waals surface area contributed by atoms with Gasteiger partial charge in [0.2, 0.25) is 0 Å². The van der Waals surface area contributed by atoms with Gasteiger partial charge in [-0.1, -0.05) is 30.3 Å². The van der Waals surface area contributed by atoms with Gasteiger partial charge in [0.25, 0.3) is 0 Å². The van der Waals surface area contributed by atoms with E-state index in [2.05, 4.69) is 38.9 Å². The van der Waals surface area contributed by atoms with Crippen LogP contribution in [0.15, 0.2) is 53.4 Å². The molecule has 0 radical (unpaired) electrons. The van der Waals surface area contributed by atoms with Crippen molar-refractivity contribution in [2.45, 2.75) is 0 Å². The Bertz CT molecular complexity index is 824. The highest BCUT2D eigenvalue weighted by Gasteiger charge is 2.11. The van der Waals surface area contributed by atoms with E-state index in [1.807, 2.05) is 24.4 Å². The van der Waals surface area contributed by atoms with Gasteiger partial charge in [-0.05, 0) is 17.0 Å². The maximum atomic E-state index is 4.52. The largest absolute Gasteiger partial charge is 0.338 e. The number of rotatable bonds is 2. The minimum absolute atomic E-state index is 0.951. The molecule has 19 heavy (non-hydrogen) atoms. The molecule has 0 unspecified atom stereocenters. The van der Waals surface area contributed by atoms with E-state index in [0.717, 1.165) is 11.5 Å². The fraction of sp³-hybridized carbons (Fsp3) is 0. The van der Waals surface area contributed by atoms with E-state index in [4.69, 9.17) is 0 Å². The predicted octanol–water partition coefficient (Wildman–Crippen LogP) is 5.02. The molecule has 0 amide bonds. The molecular weight excluding hydrogens is 272 g/mol. The van der Waals surface area contributed by atoms with Crippen molar-refractivity contribution in [3.05, 3.63) is 53.4 Å².